The highest BCUT2D eigenvalue weighted by atomic mass is 16.4. The molecule has 0 amide bonds. The second kappa shape index (κ2) is 8.85. The van der Waals surface area contributed by atoms with Crippen LogP contribution in [-0.2, 0) is 6.54 Å². The first kappa shape index (κ1) is 17.7. The number of nitrogens with zero attached hydrogens (tertiary/aromatic N) is 2. The zero-order valence-electron chi connectivity index (χ0n) is 13.7. The standard InChI is InChI=1S/C16H28N2O3/c1-5-17(6-2)9-8-10-18(7-3)12-14-11-15(16(19)20)13(4)21-14/h11H,5-10,12H2,1-4H3,(H,19,20). The van der Waals surface area contributed by atoms with Crippen LogP contribution in [0, 0.1) is 6.92 Å². The van der Waals surface area contributed by atoms with Gasteiger partial charge < -0.3 is 14.4 Å². The third kappa shape index (κ3) is 5.52. The van der Waals surface area contributed by atoms with Gasteiger partial charge in [0.15, 0.2) is 0 Å². The quantitative estimate of drug-likeness (QED) is 0.719. The second-order valence-corrected chi connectivity index (χ2v) is 5.24. The summed E-state index contributed by atoms with van der Waals surface area (Å²) >= 11 is 0. The lowest BCUT2D eigenvalue weighted by atomic mass is 10.2. The van der Waals surface area contributed by atoms with Crippen LogP contribution in [-0.4, -0.2) is 53.6 Å². The van der Waals surface area contributed by atoms with Gasteiger partial charge in [0.1, 0.15) is 17.1 Å². The Hall–Kier alpha value is -1.33. The first-order valence-electron chi connectivity index (χ1n) is 7.79. The third-order valence-corrected chi connectivity index (χ3v) is 3.87. The predicted molar refractivity (Wildman–Crippen MR) is 83.8 cm³/mol. The minimum atomic E-state index is -0.924. The van der Waals surface area contributed by atoms with Gasteiger partial charge in [0.25, 0.3) is 0 Å². The van der Waals surface area contributed by atoms with Gasteiger partial charge >= 0.3 is 5.97 Å². The van der Waals surface area contributed by atoms with Crippen molar-refractivity contribution in [2.24, 2.45) is 0 Å². The Labute approximate surface area is 127 Å². The number of rotatable bonds is 10. The Balaban J connectivity index is 2.50. The van der Waals surface area contributed by atoms with E-state index in [1.54, 1.807) is 13.0 Å². The summed E-state index contributed by atoms with van der Waals surface area (Å²) in [7, 11) is 0. The van der Waals surface area contributed by atoms with Crippen molar-refractivity contribution in [1.82, 2.24) is 9.80 Å². The fourth-order valence-corrected chi connectivity index (χ4v) is 2.46. The van der Waals surface area contributed by atoms with Gasteiger partial charge in [-0.05, 0) is 52.1 Å². The smallest absolute Gasteiger partial charge is 0.339 e. The highest BCUT2D eigenvalue weighted by molar-refractivity contribution is 5.88. The van der Waals surface area contributed by atoms with Crippen LogP contribution in [0.5, 0.6) is 0 Å². The maximum Gasteiger partial charge on any atom is 0.339 e. The van der Waals surface area contributed by atoms with Crippen LogP contribution in [0.25, 0.3) is 0 Å². The van der Waals surface area contributed by atoms with Crippen LogP contribution in [0.1, 0.15) is 49.1 Å². The Kier molecular flexibility index (Phi) is 7.47. The molecular weight excluding hydrogens is 268 g/mol. The average Bonchev–Trinajstić information content (AvgIpc) is 2.83. The Morgan fingerprint density at radius 2 is 1.71 bits per heavy atom. The molecule has 21 heavy (non-hydrogen) atoms. The van der Waals surface area contributed by atoms with Crippen molar-refractivity contribution in [1.29, 1.82) is 0 Å². The Morgan fingerprint density at radius 3 is 2.19 bits per heavy atom. The largest absolute Gasteiger partial charge is 0.478 e. The number of hydrogen-bond acceptors (Lipinski definition) is 4. The molecule has 1 rings (SSSR count). The van der Waals surface area contributed by atoms with E-state index in [-0.39, 0.29) is 5.56 Å². The molecule has 0 aliphatic rings. The van der Waals surface area contributed by atoms with Gasteiger partial charge in [-0.3, -0.25) is 4.90 Å². The van der Waals surface area contributed by atoms with Gasteiger partial charge in [0.2, 0.25) is 0 Å². The third-order valence-electron chi connectivity index (χ3n) is 3.87. The summed E-state index contributed by atoms with van der Waals surface area (Å²) < 4.78 is 5.55. The molecule has 0 saturated carbocycles. The molecule has 120 valence electrons. The molecule has 0 atom stereocenters. The minimum absolute atomic E-state index is 0.268. The Morgan fingerprint density at radius 1 is 1.14 bits per heavy atom. The molecular formula is C16H28N2O3. The predicted octanol–water partition coefficient (Wildman–Crippen LogP) is 2.84. The molecule has 0 radical (unpaired) electrons. The lowest BCUT2D eigenvalue weighted by Gasteiger charge is -2.22. The van der Waals surface area contributed by atoms with Crippen LogP contribution in [0.2, 0.25) is 0 Å². The zero-order chi connectivity index (χ0) is 15.8. The van der Waals surface area contributed by atoms with Crippen LogP contribution in [0.15, 0.2) is 10.5 Å². The monoisotopic (exact) mass is 296 g/mol. The summed E-state index contributed by atoms with van der Waals surface area (Å²) in [6, 6.07) is 1.64. The van der Waals surface area contributed by atoms with Gasteiger partial charge in [-0.25, -0.2) is 4.79 Å². The maximum absolute atomic E-state index is 11.0. The number of aromatic carboxylic acids is 1. The number of carboxylic acids is 1. The van der Waals surface area contributed by atoms with Crippen molar-refractivity contribution in [2.75, 3.05) is 32.7 Å². The highest BCUT2D eigenvalue weighted by Gasteiger charge is 2.15. The average molecular weight is 296 g/mol. The summed E-state index contributed by atoms with van der Waals surface area (Å²) in [5.41, 5.74) is 0.268. The summed E-state index contributed by atoms with van der Waals surface area (Å²) in [4.78, 5) is 15.7. The zero-order valence-corrected chi connectivity index (χ0v) is 13.7. The van der Waals surface area contributed by atoms with Gasteiger partial charge in [-0.15, -0.1) is 0 Å². The van der Waals surface area contributed by atoms with Gasteiger partial charge in [-0.2, -0.15) is 0 Å². The van der Waals surface area contributed by atoms with Gasteiger partial charge in [-0.1, -0.05) is 20.8 Å². The summed E-state index contributed by atoms with van der Waals surface area (Å²) in [5, 5.41) is 9.05. The van der Waals surface area contributed by atoms with Crippen molar-refractivity contribution in [2.45, 2.75) is 40.7 Å². The van der Waals surface area contributed by atoms with Gasteiger partial charge in [0, 0.05) is 0 Å². The fraction of sp³-hybridized carbons (Fsp3) is 0.688. The highest BCUT2D eigenvalue weighted by Crippen LogP contribution is 2.16. The fourth-order valence-electron chi connectivity index (χ4n) is 2.46. The van der Waals surface area contributed by atoms with E-state index in [9.17, 15) is 4.79 Å². The van der Waals surface area contributed by atoms with Crippen molar-refractivity contribution >= 4 is 5.97 Å². The first-order valence-corrected chi connectivity index (χ1v) is 7.79. The normalized spacial score (nSPS) is 11.5. The first-order chi connectivity index (χ1) is 10.0. The van der Waals surface area contributed by atoms with E-state index in [1.165, 1.54) is 0 Å². The number of hydrogen-bond donors (Lipinski definition) is 1. The lowest BCUT2D eigenvalue weighted by molar-refractivity contribution is 0.0695. The number of furan rings is 1. The van der Waals surface area contributed by atoms with E-state index in [2.05, 4.69) is 30.6 Å². The summed E-state index contributed by atoms with van der Waals surface area (Å²) in [5.74, 6) is 0.290. The van der Waals surface area contributed by atoms with E-state index in [4.69, 9.17) is 9.52 Å². The molecule has 5 heteroatoms. The van der Waals surface area contributed by atoms with E-state index in [0.29, 0.717) is 12.3 Å². The number of carboxylic acid groups (broad SMARTS) is 1. The van der Waals surface area contributed by atoms with Crippen LogP contribution in [0.3, 0.4) is 0 Å². The molecule has 1 aromatic rings. The molecule has 1 heterocycles. The van der Waals surface area contributed by atoms with Crippen molar-refractivity contribution in [3.63, 3.8) is 0 Å². The minimum Gasteiger partial charge on any atom is -0.478 e. The SMILES string of the molecule is CCN(CC)CCCN(CC)Cc1cc(C(=O)O)c(C)o1. The lowest BCUT2D eigenvalue weighted by Crippen LogP contribution is -2.29. The van der Waals surface area contributed by atoms with Gasteiger partial charge in [0.05, 0.1) is 6.54 Å². The summed E-state index contributed by atoms with van der Waals surface area (Å²) in [6.07, 6.45) is 1.11. The molecule has 0 bridgehead atoms. The molecule has 0 aromatic carbocycles. The van der Waals surface area contributed by atoms with E-state index < -0.39 is 5.97 Å². The molecule has 1 aromatic heterocycles. The molecule has 0 fully saturated rings. The molecule has 0 aliphatic heterocycles. The molecule has 0 spiro atoms. The molecule has 1 N–H and O–H groups in total. The molecule has 5 nitrogen and oxygen atoms in total. The van der Waals surface area contributed by atoms with Crippen molar-refractivity contribution < 1.29 is 14.3 Å². The molecule has 0 aliphatic carbocycles. The van der Waals surface area contributed by atoms with Crippen molar-refractivity contribution in [3.8, 4) is 0 Å². The number of carbonyl (C=O) groups is 1. The van der Waals surface area contributed by atoms with Crippen LogP contribution in [0.4, 0.5) is 0 Å². The van der Waals surface area contributed by atoms with E-state index >= 15 is 0 Å². The van der Waals surface area contributed by atoms with Crippen molar-refractivity contribution in [3.05, 3.63) is 23.2 Å². The Bertz CT molecular complexity index is 439. The van der Waals surface area contributed by atoms with E-state index in [1.807, 2.05) is 0 Å². The second-order valence-electron chi connectivity index (χ2n) is 5.24. The van der Waals surface area contributed by atoms with Crippen LogP contribution >= 0.6 is 0 Å². The van der Waals surface area contributed by atoms with Crippen LogP contribution < -0.4 is 0 Å². The molecule has 0 saturated heterocycles. The molecule has 0 unspecified atom stereocenters. The number of aryl methyl sites for hydroxylation is 1. The van der Waals surface area contributed by atoms with E-state index in [0.717, 1.165) is 44.9 Å². The summed E-state index contributed by atoms with van der Waals surface area (Å²) in [6.45, 7) is 14.0. The maximum atomic E-state index is 11.0. The topological polar surface area (TPSA) is 56.9 Å².